The van der Waals surface area contributed by atoms with Gasteiger partial charge in [0, 0.05) is 0 Å². The Morgan fingerprint density at radius 2 is 1.96 bits per heavy atom. The van der Waals surface area contributed by atoms with Crippen molar-refractivity contribution in [3.8, 4) is 0 Å². The number of hydrogen-bond acceptors (Lipinski definition) is 5. The lowest BCUT2D eigenvalue weighted by Crippen LogP contribution is -2.34. The summed E-state index contributed by atoms with van der Waals surface area (Å²) in [6.45, 7) is 1.81. The molecule has 3 N–H and O–H groups in total. The number of nitrogens with two attached hydrogens (primary N) is 1. The minimum absolute atomic E-state index is 0.116. The molecule has 2 aromatic carbocycles. The molecular formula is C15H14BrFN4O3S. The predicted molar refractivity (Wildman–Crippen MR) is 94.9 cm³/mol. The zero-order chi connectivity index (χ0) is 18.6. The molecule has 0 heterocycles. The lowest BCUT2D eigenvalue weighted by Gasteiger charge is -2.15. The summed E-state index contributed by atoms with van der Waals surface area (Å²) >= 11 is 3.02. The van der Waals surface area contributed by atoms with Gasteiger partial charge in [-0.15, -0.1) is 9.39 Å². The number of hydroxylamine groups is 1. The Morgan fingerprint density at radius 1 is 1.32 bits per heavy atom. The van der Waals surface area contributed by atoms with Crippen LogP contribution < -0.4 is 5.73 Å². The fourth-order valence-electron chi connectivity index (χ4n) is 1.67. The van der Waals surface area contributed by atoms with E-state index in [-0.39, 0.29) is 9.37 Å². The highest BCUT2D eigenvalue weighted by atomic mass is 79.9. The highest BCUT2D eigenvalue weighted by Crippen LogP contribution is 2.17. The highest BCUT2D eigenvalue weighted by molar-refractivity contribution is 9.10. The van der Waals surface area contributed by atoms with E-state index in [0.29, 0.717) is 10.7 Å². The van der Waals surface area contributed by atoms with E-state index >= 15 is 0 Å². The Balaban J connectivity index is 2.23. The Hall–Kier alpha value is -2.30. The van der Waals surface area contributed by atoms with Crippen LogP contribution in [0.15, 0.2) is 56.9 Å². The third kappa shape index (κ3) is 5.08. The van der Waals surface area contributed by atoms with Crippen LogP contribution in [0.25, 0.3) is 0 Å². The van der Waals surface area contributed by atoms with Crippen molar-refractivity contribution in [2.24, 2.45) is 10.8 Å². The number of benzene rings is 2. The maximum Gasteiger partial charge on any atom is 0.319 e. The molecule has 2 aromatic rings. The van der Waals surface area contributed by atoms with Gasteiger partial charge in [-0.2, -0.15) is 8.42 Å². The number of nitrogens with one attached hydrogen (secondary N) is 1. The number of aryl methyl sites for hydroxylation is 1. The largest absolute Gasteiger partial charge is 0.367 e. The van der Waals surface area contributed by atoms with Crippen LogP contribution >= 0.6 is 15.9 Å². The predicted octanol–water partition coefficient (Wildman–Crippen LogP) is 2.75. The standard InChI is InChI=1S/C15H14BrFN4O3S/c1-10-2-5-12(6-3-10)25(22,23)24-21(15(18)19)20-9-11-4-7-13(16)14(17)8-11/h2-9H,1H3,(H3,18,19). The number of guanidine groups is 1. The molecule has 0 radical (unpaired) electrons. The van der Waals surface area contributed by atoms with Crippen molar-refractivity contribution in [2.45, 2.75) is 11.8 Å². The van der Waals surface area contributed by atoms with E-state index in [4.69, 9.17) is 15.4 Å². The quantitative estimate of drug-likeness (QED) is 0.432. The van der Waals surface area contributed by atoms with Gasteiger partial charge in [0.25, 0.3) is 0 Å². The minimum atomic E-state index is -4.23. The summed E-state index contributed by atoms with van der Waals surface area (Å²) in [5.41, 5.74) is 6.48. The zero-order valence-corrected chi connectivity index (χ0v) is 15.4. The number of rotatable bonds is 5. The van der Waals surface area contributed by atoms with Gasteiger partial charge in [-0.3, -0.25) is 5.41 Å². The van der Waals surface area contributed by atoms with Crippen molar-refractivity contribution in [1.82, 2.24) is 5.17 Å². The van der Waals surface area contributed by atoms with E-state index in [0.717, 1.165) is 11.8 Å². The first-order valence-electron chi connectivity index (χ1n) is 6.83. The third-order valence-electron chi connectivity index (χ3n) is 2.94. The van der Waals surface area contributed by atoms with E-state index in [1.165, 1.54) is 30.3 Å². The molecule has 0 aromatic heterocycles. The van der Waals surface area contributed by atoms with Crippen LogP contribution in [0.1, 0.15) is 11.1 Å². The Kier molecular flexibility index (Phi) is 5.88. The Morgan fingerprint density at radius 3 is 2.52 bits per heavy atom. The van der Waals surface area contributed by atoms with Gasteiger partial charge in [-0.05, 0) is 52.7 Å². The van der Waals surface area contributed by atoms with Crippen molar-refractivity contribution in [3.05, 3.63) is 63.9 Å². The van der Waals surface area contributed by atoms with Crippen LogP contribution in [0.4, 0.5) is 4.39 Å². The molecule has 0 aliphatic rings. The van der Waals surface area contributed by atoms with Crippen LogP contribution in [-0.2, 0) is 14.4 Å². The summed E-state index contributed by atoms with van der Waals surface area (Å²) in [5, 5.41) is 11.4. The zero-order valence-electron chi connectivity index (χ0n) is 13.0. The molecule has 10 heteroatoms. The van der Waals surface area contributed by atoms with Crippen molar-refractivity contribution < 1.29 is 17.1 Å². The van der Waals surface area contributed by atoms with E-state index < -0.39 is 21.9 Å². The van der Waals surface area contributed by atoms with Crippen molar-refractivity contribution in [2.75, 3.05) is 0 Å². The second-order valence-corrected chi connectivity index (χ2v) is 7.30. The van der Waals surface area contributed by atoms with Crippen LogP contribution in [0.5, 0.6) is 0 Å². The smallest absolute Gasteiger partial charge is 0.319 e. The summed E-state index contributed by atoms with van der Waals surface area (Å²) in [6, 6.07) is 10.1. The SMILES string of the molecule is Cc1ccc(S(=O)(=O)ON(N=Cc2ccc(Br)c(F)c2)C(=N)N)cc1. The Bertz CT molecular complexity index is 917. The second-order valence-electron chi connectivity index (χ2n) is 4.92. The van der Waals surface area contributed by atoms with Gasteiger partial charge in [0.15, 0.2) is 0 Å². The monoisotopic (exact) mass is 428 g/mol. The van der Waals surface area contributed by atoms with Gasteiger partial charge in [0.05, 0.1) is 15.6 Å². The summed E-state index contributed by atoms with van der Waals surface area (Å²) < 4.78 is 42.9. The second kappa shape index (κ2) is 7.72. The van der Waals surface area contributed by atoms with Gasteiger partial charge in [-0.1, -0.05) is 28.9 Å². The minimum Gasteiger partial charge on any atom is -0.367 e. The van der Waals surface area contributed by atoms with Crippen LogP contribution in [0, 0.1) is 18.2 Å². The van der Waals surface area contributed by atoms with Crippen molar-refractivity contribution >= 4 is 38.2 Å². The van der Waals surface area contributed by atoms with E-state index in [1.807, 2.05) is 0 Å². The topological polar surface area (TPSA) is 109 Å². The van der Waals surface area contributed by atoms with E-state index in [9.17, 15) is 12.8 Å². The molecule has 25 heavy (non-hydrogen) atoms. The molecule has 0 unspecified atom stereocenters. The van der Waals surface area contributed by atoms with Gasteiger partial charge >= 0.3 is 10.1 Å². The maximum absolute atomic E-state index is 13.5. The molecule has 132 valence electrons. The molecule has 0 amide bonds. The van der Waals surface area contributed by atoms with Crippen molar-refractivity contribution in [1.29, 1.82) is 5.41 Å². The highest BCUT2D eigenvalue weighted by Gasteiger charge is 2.21. The van der Waals surface area contributed by atoms with Crippen molar-refractivity contribution in [3.63, 3.8) is 0 Å². The molecular weight excluding hydrogens is 415 g/mol. The fraction of sp³-hybridized carbons (Fsp3) is 0.0667. The maximum atomic E-state index is 13.5. The summed E-state index contributed by atoms with van der Waals surface area (Å²) in [5.74, 6) is -1.28. The average molecular weight is 429 g/mol. The number of halogens is 2. The summed E-state index contributed by atoms with van der Waals surface area (Å²) in [4.78, 5) is -0.116. The molecule has 0 aliphatic heterocycles. The third-order valence-corrected chi connectivity index (χ3v) is 4.77. The average Bonchev–Trinajstić information content (AvgIpc) is 2.54. The van der Waals surface area contributed by atoms with Gasteiger partial charge < -0.3 is 5.73 Å². The normalized spacial score (nSPS) is 11.6. The first kappa shape index (κ1) is 19.0. The first-order valence-corrected chi connectivity index (χ1v) is 9.03. The molecule has 0 bridgehead atoms. The number of nitrogens with zero attached hydrogens (tertiary/aromatic N) is 2. The fourth-order valence-corrected chi connectivity index (χ4v) is 2.78. The van der Waals surface area contributed by atoms with E-state index in [2.05, 4.69) is 21.0 Å². The summed E-state index contributed by atoms with van der Waals surface area (Å²) in [7, 11) is -4.23. The molecule has 0 saturated carbocycles. The summed E-state index contributed by atoms with van der Waals surface area (Å²) in [6.07, 6.45) is 1.11. The van der Waals surface area contributed by atoms with Gasteiger partial charge in [0.1, 0.15) is 5.82 Å². The number of hydrogen-bond donors (Lipinski definition) is 2. The lowest BCUT2D eigenvalue weighted by molar-refractivity contribution is 0.0284. The van der Waals surface area contributed by atoms with Crippen LogP contribution in [-0.4, -0.2) is 25.8 Å². The number of hydrazone groups is 1. The van der Waals surface area contributed by atoms with E-state index in [1.54, 1.807) is 19.1 Å². The molecule has 0 fully saturated rings. The molecule has 0 atom stereocenters. The molecule has 7 nitrogen and oxygen atoms in total. The molecule has 0 saturated heterocycles. The van der Waals surface area contributed by atoms with Crippen LogP contribution in [0.3, 0.4) is 0 Å². The van der Waals surface area contributed by atoms with Gasteiger partial charge in [0.2, 0.25) is 5.96 Å². The lowest BCUT2D eigenvalue weighted by atomic mass is 10.2. The van der Waals surface area contributed by atoms with Crippen LogP contribution in [0.2, 0.25) is 0 Å². The molecule has 2 rings (SSSR count). The Labute approximate surface area is 152 Å². The first-order chi connectivity index (χ1) is 11.7. The molecule has 0 aliphatic carbocycles. The molecule has 0 spiro atoms. The van der Waals surface area contributed by atoms with Gasteiger partial charge in [-0.25, -0.2) is 4.39 Å².